The van der Waals surface area contributed by atoms with E-state index in [2.05, 4.69) is 16.3 Å². The maximum Gasteiger partial charge on any atom is 0.318 e. The number of carbonyl (C=O) groups excluding carboxylic acids is 2. The molecule has 3 aliphatic rings. The minimum atomic E-state index is -0.517. The normalized spacial score (nSPS) is 23.5. The van der Waals surface area contributed by atoms with Crippen LogP contribution in [0.4, 0.5) is 10.5 Å². The first kappa shape index (κ1) is 18.3. The van der Waals surface area contributed by atoms with Gasteiger partial charge >= 0.3 is 6.03 Å². The summed E-state index contributed by atoms with van der Waals surface area (Å²) in [4.78, 5) is 32.0. The van der Waals surface area contributed by atoms with Crippen molar-refractivity contribution in [2.45, 2.75) is 51.1 Å². The highest BCUT2D eigenvalue weighted by Crippen LogP contribution is 2.28. The maximum absolute atomic E-state index is 12.9. The predicted molar refractivity (Wildman–Crippen MR) is 106 cm³/mol. The number of carbonyl (C=O) groups is 2. The number of para-hydroxylation sites is 1. The zero-order valence-corrected chi connectivity index (χ0v) is 16.2. The SMILES string of the molecule is C[C@@H](NC(=O)N1CCC[C@@H]1CN1CCCC1)C(=O)N1CCc2ccccc21. The van der Waals surface area contributed by atoms with Crippen LogP contribution in [-0.4, -0.2) is 66.5 Å². The molecule has 27 heavy (non-hydrogen) atoms. The highest BCUT2D eigenvalue weighted by Gasteiger charge is 2.34. The molecule has 2 fully saturated rings. The zero-order chi connectivity index (χ0) is 18.8. The first-order valence-corrected chi connectivity index (χ1v) is 10.3. The van der Waals surface area contributed by atoms with Crippen molar-refractivity contribution in [1.82, 2.24) is 15.1 Å². The van der Waals surface area contributed by atoms with E-state index in [1.54, 1.807) is 6.92 Å². The van der Waals surface area contributed by atoms with Crippen LogP contribution in [0.25, 0.3) is 0 Å². The van der Waals surface area contributed by atoms with Crippen molar-refractivity contribution in [2.75, 3.05) is 37.6 Å². The Bertz CT molecular complexity index is 701. The van der Waals surface area contributed by atoms with Gasteiger partial charge in [-0.15, -0.1) is 0 Å². The van der Waals surface area contributed by atoms with E-state index in [-0.39, 0.29) is 18.0 Å². The Hall–Kier alpha value is -2.08. The fraction of sp³-hybridized carbons (Fsp3) is 0.619. The lowest BCUT2D eigenvalue weighted by Crippen LogP contribution is -2.53. The molecule has 6 heteroatoms. The summed E-state index contributed by atoms with van der Waals surface area (Å²) in [6.45, 7) is 6.55. The lowest BCUT2D eigenvalue weighted by Gasteiger charge is -2.30. The summed E-state index contributed by atoms with van der Waals surface area (Å²) in [7, 11) is 0. The molecule has 4 rings (SSSR count). The average Bonchev–Trinajstić information content (AvgIpc) is 3.42. The molecule has 2 saturated heterocycles. The van der Waals surface area contributed by atoms with Crippen molar-refractivity contribution < 1.29 is 9.59 Å². The lowest BCUT2D eigenvalue weighted by molar-refractivity contribution is -0.120. The lowest BCUT2D eigenvalue weighted by atomic mass is 10.2. The number of urea groups is 1. The van der Waals surface area contributed by atoms with E-state index in [1.165, 1.54) is 18.4 Å². The molecule has 1 aromatic carbocycles. The largest absolute Gasteiger partial charge is 0.326 e. The summed E-state index contributed by atoms with van der Waals surface area (Å²) in [6, 6.07) is 7.69. The van der Waals surface area contributed by atoms with Crippen LogP contribution in [0.5, 0.6) is 0 Å². The number of hydrogen-bond acceptors (Lipinski definition) is 3. The van der Waals surface area contributed by atoms with Crippen molar-refractivity contribution in [3.8, 4) is 0 Å². The van der Waals surface area contributed by atoms with Crippen LogP contribution >= 0.6 is 0 Å². The molecule has 0 aliphatic carbocycles. The van der Waals surface area contributed by atoms with Crippen LogP contribution in [0, 0.1) is 0 Å². The number of likely N-dealkylation sites (tertiary alicyclic amines) is 2. The first-order chi connectivity index (χ1) is 13.1. The quantitative estimate of drug-likeness (QED) is 0.884. The third-order valence-corrected chi connectivity index (χ3v) is 6.17. The molecule has 0 aromatic heterocycles. The van der Waals surface area contributed by atoms with Gasteiger partial charge in [0.05, 0.1) is 0 Å². The molecule has 6 nitrogen and oxygen atoms in total. The molecule has 0 radical (unpaired) electrons. The summed E-state index contributed by atoms with van der Waals surface area (Å²) < 4.78 is 0. The second kappa shape index (κ2) is 7.89. The van der Waals surface area contributed by atoms with Crippen LogP contribution in [0.3, 0.4) is 0 Å². The van der Waals surface area contributed by atoms with Crippen molar-refractivity contribution in [2.24, 2.45) is 0 Å². The zero-order valence-electron chi connectivity index (χ0n) is 16.2. The average molecular weight is 370 g/mol. The number of amides is 3. The van der Waals surface area contributed by atoms with Gasteiger partial charge in [-0.05, 0) is 63.7 Å². The van der Waals surface area contributed by atoms with Gasteiger partial charge in [-0.1, -0.05) is 18.2 Å². The Kier molecular flexibility index (Phi) is 5.34. The first-order valence-electron chi connectivity index (χ1n) is 10.3. The van der Waals surface area contributed by atoms with E-state index >= 15 is 0 Å². The minimum Gasteiger partial charge on any atom is -0.326 e. The minimum absolute atomic E-state index is 0.0245. The third-order valence-electron chi connectivity index (χ3n) is 6.17. The Morgan fingerprint density at radius 3 is 2.70 bits per heavy atom. The predicted octanol–water partition coefficient (Wildman–Crippen LogP) is 2.23. The van der Waals surface area contributed by atoms with Gasteiger partial charge in [0.15, 0.2) is 0 Å². The fourth-order valence-electron chi connectivity index (χ4n) is 4.69. The van der Waals surface area contributed by atoms with Gasteiger partial charge in [0.1, 0.15) is 6.04 Å². The molecule has 3 amide bonds. The van der Waals surface area contributed by atoms with E-state index in [0.29, 0.717) is 6.54 Å². The summed E-state index contributed by atoms with van der Waals surface area (Å²) in [5.74, 6) is -0.0245. The molecule has 0 unspecified atom stereocenters. The van der Waals surface area contributed by atoms with Crippen LogP contribution in [0.2, 0.25) is 0 Å². The molecular weight excluding hydrogens is 340 g/mol. The molecular formula is C21H30N4O2. The smallest absolute Gasteiger partial charge is 0.318 e. The number of rotatable bonds is 4. The van der Waals surface area contributed by atoms with Crippen molar-refractivity contribution in [3.05, 3.63) is 29.8 Å². The summed E-state index contributed by atoms with van der Waals surface area (Å²) in [5.41, 5.74) is 2.19. The highest BCUT2D eigenvalue weighted by atomic mass is 16.2. The van der Waals surface area contributed by atoms with Gasteiger partial charge in [0.25, 0.3) is 0 Å². The molecule has 3 heterocycles. The monoisotopic (exact) mass is 370 g/mol. The van der Waals surface area contributed by atoms with Crippen LogP contribution in [0.1, 0.15) is 38.2 Å². The van der Waals surface area contributed by atoms with Gasteiger partial charge in [-0.3, -0.25) is 4.79 Å². The van der Waals surface area contributed by atoms with E-state index in [4.69, 9.17) is 0 Å². The van der Waals surface area contributed by atoms with Crippen LogP contribution in [0.15, 0.2) is 24.3 Å². The topological polar surface area (TPSA) is 55.9 Å². The van der Waals surface area contributed by atoms with Gasteiger partial charge in [0.2, 0.25) is 5.91 Å². The number of hydrogen-bond donors (Lipinski definition) is 1. The van der Waals surface area contributed by atoms with Gasteiger partial charge in [0, 0.05) is 31.4 Å². The molecule has 0 bridgehead atoms. The summed E-state index contributed by atoms with van der Waals surface area (Å²) >= 11 is 0. The number of nitrogens with zero attached hydrogens (tertiary/aromatic N) is 3. The second-order valence-electron chi connectivity index (χ2n) is 8.04. The molecule has 146 valence electrons. The number of nitrogens with one attached hydrogen (secondary N) is 1. The fourth-order valence-corrected chi connectivity index (χ4v) is 4.69. The van der Waals surface area contributed by atoms with Crippen molar-refractivity contribution >= 4 is 17.6 Å². The van der Waals surface area contributed by atoms with Crippen LogP contribution < -0.4 is 10.2 Å². The standard InChI is InChI=1S/C21H30N4O2/c1-16(20(26)25-14-10-17-7-2-3-9-19(17)25)22-21(27)24-13-6-8-18(24)15-23-11-4-5-12-23/h2-3,7,9,16,18H,4-6,8,10-15H2,1H3,(H,22,27)/t16-,18-/m1/s1. The number of anilines is 1. The van der Waals surface area contributed by atoms with Crippen LogP contribution in [-0.2, 0) is 11.2 Å². The summed E-state index contributed by atoms with van der Waals surface area (Å²) in [5, 5.41) is 2.96. The Morgan fingerprint density at radius 1 is 1.11 bits per heavy atom. The maximum atomic E-state index is 12.9. The Labute approximate surface area is 161 Å². The molecule has 0 spiro atoms. The van der Waals surface area contributed by atoms with Gasteiger partial charge in [-0.25, -0.2) is 4.79 Å². The molecule has 0 saturated carbocycles. The van der Waals surface area contributed by atoms with E-state index in [1.807, 2.05) is 28.0 Å². The van der Waals surface area contributed by atoms with Crippen molar-refractivity contribution in [1.29, 1.82) is 0 Å². The van der Waals surface area contributed by atoms with E-state index in [0.717, 1.165) is 51.1 Å². The Balaban J connectivity index is 1.35. The number of benzene rings is 1. The van der Waals surface area contributed by atoms with Gasteiger partial charge in [-0.2, -0.15) is 0 Å². The molecule has 1 N–H and O–H groups in total. The van der Waals surface area contributed by atoms with E-state index in [9.17, 15) is 9.59 Å². The molecule has 3 aliphatic heterocycles. The van der Waals surface area contributed by atoms with Crippen molar-refractivity contribution in [3.63, 3.8) is 0 Å². The molecule has 1 aromatic rings. The van der Waals surface area contributed by atoms with Gasteiger partial charge < -0.3 is 20.0 Å². The second-order valence-corrected chi connectivity index (χ2v) is 8.04. The summed E-state index contributed by atoms with van der Waals surface area (Å²) in [6.07, 6.45) is 5.52. The van der Waals surface area contributed by atoms with E-state index < -0.39 is 6.04 Å². The number of fused-ring (bicyclic) bond motifs is 1. The molecule has 2 atom stereocenters. The Morgan fingerprint density at radius 2 is 1.89 bits per heavy atom. The third kappa shape index (κ3) is 3.81. The highest BCUT2D eigenvalue weighted by molar-refractivity contribution is 6.00.